The fraction of sp³-hybridized carbons (Fsp3) is 0.292. The van der Waals surface area contributed by atoms with Gasteiger partial charge in [-0.1, -0.05) is 6.07 Å². The molecular formula is C24H29ClN4O6S. The Morgan fingerprint density at radius 3 is 2.19 bits per heavy atom. The van der Waals surface area contributed by atoms with Crippen LogP contribution >= 0.6 is 11.5 Å². The van der Waals surface area contributed by atoms with Crippen molar-refractivity contribution in [3.8, 4) is 45.4 Å². The number of primary amides is 1. The highest BCUT2D eigenvalue weighted by Gasteiger charge is 2.22. The van der Waals surface area contributed by atoms with Crippen molar-refractivity contribution in [3.05, 3.63) is 35.7 Å². The number of anilines is 1. The lowest BCUT2D eigenvalue weighted by molar-refractivity contribution is -0.403. The molecule has 10 nitrogen and oxygen atoms in total. The van der Waals surface area contributed by atoms with Gasteiger partial charge in [0.25, 0.3) is 5.91 Å². The summed E-state index contributed by atoms with van der Waals surface area (Å²) in [6.45, 7) is 0. The first-order chi connectivity index (χ1) is 16.8. The molecule has 0 aliphatic heterocycles. The van der Waals surface area contributed by atoms with Gasteiger partial charge in [0.05, 0.1) is 39.8 Å². The molecule has 0 aliphatic rings. The number of benzene rings is 2. The molecule has 1 heterocycles. The van der Waals surface area contributed by atoms with Crippen LogP contribution in [0.15, 0.2) is 35.7 Å². The minimum atomic E-state index is -0.645. The van der Waals surface area contributed by atoms with E-state index in [1.807, 2.05) is 29.6 Å². The third-order valence-electron chi connectivity index (χ3n) is 5.39. The molecule has 3 rings (SSSR count). The minimum Gasteiger partial charge on any atom is -1.00 e. The molecule has 0 fully saturated rings. The predicted molar refractivity (Wildman–Crippen MR) is 133 cm³/mol. The Hall–Kier alpha value is -3.54. The molecule has 0 spiro atoms. The minimum absolute atomic E-state index is 0. The molecule has 0 aliphatic carbocycles. The Balaban J connectivity index is 0.00000456. The lowest BCUT2D eigenvalue weighted by atomic mass is 10.0. The van der Waals surface area contributed by atoms with E-state index in [0.29, 0.717) is 34.4 Å². The number of quaternary nitrogens is 1. The summed E-state index contributed by atoms with van der Waals surface area (Å²) in [4.78, 5) is 23.7. The number of ether oxygens (including phenoxy) is 4. The van der Waals surface area contributed by atoms with Gasteiger partial charge >= 0.3 is 0 Å². The van der Waals surface area contributed by atoms with Crippen molar-refractivity contribution < 1.29 is 46.7 Å². The zero-order valence-electron chi connectivity index (χ0n) is 20.4. The number of amides is 2. The molecule has 1 aromatic heterocycles. The van der Waals surface area contributed by atoms with Crippen LogP contribution in [-0.4, -0.2) is 50.7 Å². The first-order valence-electron chi connectivity index (χ1n) is 10.7. The van der Waals surface area contributed by atoms with Gasteiger partial charge < -0.3 is 48.1 Å². The molecule has 2 aromatic carbocycles. The van der Waals surface area contributed by atoms with Gasteiger partial charge in [0.15, 0.2) is 17.5 Å². The molecule has 1 atom stereocenters. The Kier molecular flexibility index (Phi) is 10.3. The molecule has 36 heavy (non-hydrogen) atoms. The van der Waals surface area contributed by atoms with Crippen molar-refractivity contribution in [3.63, 3.8) is 0 Å². The SMILES string of the molecule is COc1ccc(-c2csnc2-c2cc(OC)c(OC)c(OC)c2)cc1NC(=O)[C@@H]([NH3+])CCC(N)=O.[Cl-]. The molecule has 6 N–H and O–H groups in total. The van der Waals surface area contributed by atoms with E-state index in [1.165, 1.54) is 18.6 Å². The second kappa shape index (κ2) is 13.0. The average molecular weight is 537 g/mol. The normalized spacial score (nSPS) is 11.1. The predicted octanol–water partition coefficient (Wildman–Crippen LogP) is -0.670. The van der Waals surface area contributed by atoms with Crippen LogP contribution in [0.5, 0.6) is 23.0 Å². The highest BCUT2D eigenvalue weighted by atomic mass is 35.5. The van der Waals surface area contributed by atoms with Crippen LogP contribution in [-0.2, 0) is 9.59 Å². The van der Waals surface area contributed by atoms with Gasteiger partial charge in [-0.2, -0.15) is 4.37 Å². The van der Waals surface area contributed by atoms with Crippen molar-refractivity contribution in [1.29, 1.82) is 0 Å². The van der Waals surface area contributed by atoms with E-state index in [-0.39, 0.29) is 31.2 Å². The van der Waals surface area contributed by atoms with Gasteiger partial charge in [-0.3, -0.25) is 9.59 Å². The number of nitrogens with one attached hydrogen (secondary N) is 1. The second-order valence-corrected chi connectivity index (χ2v) is 8.23. The number of carbonyl (C=O) groups excluding carboxylic acids is 2. The molecule has 12 heteroatoms. The maximum absolute atomic E-state index is 12.6. The first-order valence-corrected chi connectivity index (χ1v) is 11.5. The molecule has 0 unspecified atom stereocenters. The van der Waals surface area contributed by atoms with Gasteiger partial charge in [-0.25, -0.2) is 0 Å². The monoisotopic (exact) mass is 536 g/mol. The van der Waals surface area contributed by atoms with E-state index in [4.69, 9.17) is 24.7 Å². The van der Waals surface area contributed by atoms with E-state index in [2.05, 4.69) is 15.4 Å². The summed E-state index contributed by atoms with van der Waals surface area (Å²) in [6, 6.07) is 8.48. The maximum atomic E-state index is 12.6. The van der Waals surface area contributed by atoms with Crippen LogP contribution in [0.25, 0.3) is 22.4 Å². The van der Waals surface area contributed by atoms with Crippen molar-refractivity contribution >= 4 is 29.0 Å². The van der Waals surface area contributed by atoms with E-state index in [1.54, 1.807) is 27.4 Å². The van der Waals surface area contributed by atoms with Gasteiger partial charge in [-0.15, -0.1) is 0 Å². The molecule has 2 amide bonds. The molecule has 0 bridgehead atoms. The van der Waals surface area contributed by atoms with Crippen LogP contribution < -0.4 is 48.1 Å². The molecular weight excluding hydrogens is 508 g/mol. The number of hydrogen-bond donors (Lipinski definition) is 3. The zero-order chi connectivity index (χ0) is 25.5. The lowest BCUT2D eigenvalue weighted by Crippen LogP contribution is -3.00. The largest absolute Gasteiger partial charge is 1.00 e. The van der Waals surface area contributed by atoms with Gasteiger partial charge in [-0.05, 0) is 41.4 Å². The standard InChI is InChI=1S/C24H28N4O6S.ClH/c1-31-18-7-5-13(9-17(18)27-24(30)16(25)6-8-21(26)29)15-12-35-28-22(15)14-10-19(32-2)23(34-4)20(11-14)33-3;/h5,7,9-12,16H,6,8,25H2,1-4H3,(H2,26,29)(H,27,30);1H/t16-;/m0./s1. The number of halogens is 1. The summed E-state index contributed by atoms with van der Waals surface area (Å²) in [5, 5.41) is 4.77. The van der Waals surface area contributed by atoms with Crippen LogP contribution in [0.1, 0.15) is 12.8 Å². The fourth-order valence-electron chi connectivity index (χ4n) is 3.52. The van der Waals surface area contributed by atoms with Gasteiger partial charge in [0.1, 0.15) is 5.75 Å². The highest BCUT2D eigenvalue weighted by molar-refractivity contribution is 7.04. The number of carbonyl (C=O) groups is 2. The number of methoxy groups -OCH3 is 4. The first kappa shape index (κ1) is 28.7. The number of hydrogen-bond acceptors (Lipinski definition) is 8. The van der Waals surface area contributed by atoms with Gasteiger partial charge in [0, 0.05) is 29.3 Å². The van der Waals surface area contributed by atoms with Crippen molar-refractivity contribution in [1.82, 2.24) is 4.37 Å². The number of nitrogens with zero attached hydrogens (tertiary/aromatic N) is 1. The molecule has 0 radical (unpaired) electrons. The van der Waals surface area contributed by atoms with E-state index < -0.39 is 11.9 Å². The summed E-state index contributed by atoms with van der Waals surface area (Å²) in [5.74, 6) is 1.19. The maximum Gasteiger partial charge on any atom is 0.282 e. The third-order valence-corrected chi connectivity index (χ3v) is 6.02. The van der Waals surface area contributed by atoms with Gasteiger partial charge in [0.2, 0.25) is 11.7 Å². The topological polar surface area (TPSA) is 150 Å². The third kappa shape index (κ3) is 6.36. The number of aromatic nitrogens is 1. The summed E-state index contributed by atoms with van der Waals surface area (Å²) in [6.07, 6.45) is 0.334. The second-order valence-electron chi connectivity index (χ2n) is 7.60. The fourth-order valence-corrected chi connectivity index (χ4v) is 4.24. The Labute approximate surface area is 219 Å². The summed E-state index contributed by atoms with van der Waals surface area (Å²) in [7, 11) is 6.18. The Morgan fingerprint density at radius 2 is 1.64 bits per heavy atom. The zero-order valence-corrected chi connectivity index (χ0v) is 22.0. The van der Waals surface area contributed by atoms with Crippen molar-refractivity contribution in [2.45, 2.75) is 18.9 Å². The van der Waals surface area contributed by atoms with E-state index >= 15 is 0 Å². The van der Waals surface area contributed by atoms with Crippen LogP contribution in [0.2, 0.25) is 0 Å². The quantitative estimate of drug-likeness (QED) is 0.294. The average Bonchev–Trinajstić information content (AvgIpc) is 3.36. The van der Waals surface area contributed by atoms with Crippen LogP contribution in [0.4, 0.5) is 5.69 Å². The van der Waals surface area contributed by atoms with Crippen LogP contribution in [0.3, 0.4) is 0 Å². The van der Waals surface area contributed by atoms with Crippen LogP contribution in [0, 0.1) is 0 Å². The Bertz CT molecular complexity index is 1190. The summed E-state index contributed by atoms with van der Waals surface area (Å²) >= 11 is 1.30. The van der Waals surface area contributed by atoms with E-state index in [9.17, 15) is 9.59 Å². The summed E-state index contributed by atoms with van der Waals surface area (Å²) < 4.78 is 26.4. The molecule has 0 saturated carbocycles. The highest BCUT2D eigenvalue weighted by Crippen LogP contribution is 2.44. The van der Waals surface area contributed by atoms with E-state index in [0.717, 1.165) is 16.7 Å². The summed E-state index contributed by atoms with van der Waals surface area (Å²) in [5.41, 5.74) is 12.7. The lowest BCUT2D eigenvalue weighted by Gasteiger charge is -2.15. The smallest absolute Gasteiger partial charge is 0.282 e. The molecule has 0 saturated heterocycles. The number of rotatable bonds is 11. The Morgan fingerprint density at radius 1 is 1.00 bits per heavy atom. The van der Waals surface area contributed by atoms with Crippen molar-refractivity contribution in [2.24, 2.45) is 5.73 Å². The molecule has 3 aromatic rings. The molecule has 194 valence electrons. The number of nitrogens with two attached hydrogens (primary N) is 1. The van der Waals surface area contributed by atoms with Crippen molar-refractivity contribution in [2.75, 3.05) is 33.8 Å².